The summed E-state index contributed by atoms with van der Waals surface area (Å²) in [6, 6.07) is 87.1. The molecule has 0 radical (unpaired) electrons. The molecule has 0 amide bonds. The van der Waals surface area contributed by atoms with Crippen LogP contribution in [0.2, 0.25) is 0 Å². The molecule has 0 unspecified atom stereocenters. The van der Waals surface area contributed by atoms with E-state index < -0.39 is 0 Å². The summed E-state index contributed by atoms with van der Waals surface area (Å²) in [7, 11) is 0. The van der Waals surface area contributed by atoms with E-state index in [4.69, 9.17) is 15.0 Å². The summed E-state index contributed by atoms with van der Waals surface area (Å²) in [5, 5.41) is 9.80. The van der Waals surface area contributed by atoms with Crippen molar-refractivity contribution in [3.8, 4) is 73.2 Å². The van der Waals surface area contributed by atoms with Gasteiger partial charge in [-0.15, -0.1) is 11.3 Å². The number of hydrogen-bond donors (Lipinski definition) is 0. The number of hydrogen-bond acceptors (Lipinski definition) is 4. The zero-order chi connectivity index (χ0) is 46.1. The second-order valence-corrected chi connectivity index (χ2v) is 19.0. The van der Waals surface area contributed by atoms with Crippen molar-refractivity contribution in [3.05, 3.63) is 243 Å². The lowest BCUT2D eigenvalue weighted by Gasteiger charge is -2.18. The lowest BCUT2D eigenvalue weighted by Crippen LogP contribution is -2.03. The molecule has 0 aliphatic rings. The Morgan fingerprint density at radius 1 is 0.286 bits per heavy atom. The van der Waals surface area contributed by atoms with Gasteiger partial charge >= 0.3 is 0 Å². The highest BCUT2D eigenvalue weighted by molar-refractivity contribution is 7.25. The summed E-state index contributed by atoms with van der Waals surface area (Å²) < 4.78 is 5.03. The van der Waals surface area contributed by atoms with Crippen LogP contribution in [0.15, 0.2) is 243 Å². The molecule has 11 aromatic carbocycles. The minimum Gasteiger partial charge on any atom is -0.308 e. The molecule has 14 rings (SSSR count). The maximum absolute atomic E-state index is 5.44. The third-order valence-corrected chi connectivity index (χ3v) is 15.0. The minimum absolute atomic E-state index is 0.597. The molecule has 0 fully saturated rings. The van der Waals surface area contributed by atoms with Crippen molar-refractivity contribution in [1.82, 2.24) is 19.5 Å². The van der Waals surface area contributed by atoms with Crippen LogP contribution >= 0.6 is 11.3 Å². The number of nitrogens with zero attached hydrogens (tertiary/aromatic N) is 4. The van der Waals surface area contributed by atoms with E-state index in [0.29, 0.717) is 17.5 Å². The Kier molecular flexibility index (Phi) is 9.36. The molecule has 0 atom stereocenters. The van der Waals surface area contributed by atoms with E-state index in [-0.39, 0.29) is 0 Å². The lowest BCUT2D eigenvalue weighted by atomic mass is 9.97. The van der Waals surface area contributed by atoms with Crippen LogP contribution < -0.4 is 0 Å². The zero-order valence-corrected chi connectivity index (χ0v) is 38.6. The fourth-order valence-electron chi connectivity index (χ4n) is 10.5. The van der Waals surface area contributed by atoms with Crippen LogP contribution in [0.3, 0.4) is 0 Å². The third-order valence-electron chi connectivity index (χ3n) is 13.8. The van der Waals surface area contributed by atoms with Crippen LogP contribution in [0.1, 0.15) is 0 Å². The van der Waals surface area contributed by atoms with Crippen molar-refractivity contribution in [2.75, 3.05) is 0 Å². The third kappa shape index (κ3) is 6.62. The highest BCUT2D eigenvalue weighted by Gasteiger charge is 2.23. The summed E-state index contributed by atoms with van der Waals surface area (Å²) in [5.41, 5.74) is 12.7. The maximum Gasteiger partial charge on any atom is 0.164 e. The van der Waals surface area contributed by atoms with E-state index in [2.05, 4.69) is 247 Å². The SMILES string of the molecule is c1ccc(-c2ccccc2-c2nc(-c3ccc(-n4c5cc6ccccc6cc5c5ccc6ccccc6c54)c(-c4ccc5c(c4)sc4ccccc45)c3)nc(-c3ccccc3-c3ccccc3)n2)cc1. The van der Waals surface area contributed by atoms with Crippen LogP contribution in [0.5, 0.6) is 0 Å². The number of aromatic nitrogens is 4. The first-order valence-electron chi connectivity index (χ1n) is 23.7. The molecular formula is C65H40N4S. The normalized spacial score (nSPS) is 11.7. The summed E-state index contributed by atoms with van der Waals surface area (Å²) in [5.74, 6) is 1.82. The van der Waals surface area contributed by atoms with E-state index in [0.717, 1.165) is 61.3 Å². The van der Waals surface area contributed by atoms with E-state index in [1.807, 2.05) is 11.3 Å². The van der Waals surface area contributed by atoms with Gasteiger partial charge in [-0.05, 0) is 86.4 Å². The Bertz CT molecular complexity index is 4260. The smallest absolute Gasteiger partial charge is 0.164 e. The molecule has 0 N–H and O–H groups in total. The quantitative estimate of drug-likeness (QED) is 0.160. The minimum atomic E-state index is 0.597. The molecule has 4 nitrogen and oxygen atoms in total. The second-order valence-electron chi connectivity index (χ2n) is 17.9. The highest BCUT2D eigenvalue weighted by Crippen LogP contribution is 2.44. The predicted octanol–water partition coefficient (Wildman–Crippen LogP) is 17.6. The molecule has 0 saturated carbocycles. The van der Waals surface area contributed by atoms with Crippen molar-refractivity contribution in [3.63, 3.8) is 0 Å². The molecule has 0 aliphatic carbocycles. The molecule has 3 aromatic heterocycles. The van der Waals surface area contributed by atoms with Gasteiger partial charge in [-0.2, -0.15) is 0 Å². The first-order chi connectivity index (χ1) is 34.7. The molecule has 326 valence electrons. The highest BCUT2D eigenvalue weighted by atomic mass is 32.1. The van der Waals surface area contributed by atoms with Crippen LogP contribution in [-0.2, 0) is 0 Å². The van der Waals surface area contributed by atoms with Gasteiger partial charge in [-0.1, -0.05) is 200 Å². The number of thiophene rings is 1. The lowest BCUT2D eigenvalue weighted by molar-refractivity contribution is 1.07. The molecule has 0 aliphatic heterocycles. The Morgan fingerprint density at radius 2 is 0.814 bits per heavy atom. The number of rotatable bonds is 7. The van der Waals surface area contributed by atoms with Crippen molar-refractivity contribution >= 4 is 74.9 Å². The summed E-state index contributed by atoms with van der Waals surface area (Å²) in [4.78, 5) is 16.2. The van der Waals surface area contributed by atoms with Gasteiger partial charge < -0.3 is 4.57 Å². The first kappa shape index (κ1) is 40.1. The van der Waals surface area contributed by atoms with Crippen LogP contribution in [0.4, 0.5) is 0 Å². The molecule has 0 bridgehead atoms. The second kappa shape index (κ2) is 16.3. The average molecular weight is 909 g/mol. The van der Waals surface area contributed by atoms with Crippen LogP contribution in [0, 0.1) is 0 Å². The van der Waals surface area contributed by atoms with Gasteiger partial charge in [0.25, 0.3) is 0 Å². The summed E-state index contributed by atoms with van der Waals surface area (Å²) in [6.45, 7) is 0. The van der Waals surface area contributed by atoms with Gasteiger partial charge in [0.2, 0.25) is 0 Å². The van der Waals surface area contributed by atoms with E-state index >= 15 is 0 Å². The summed E-state index contributed by atoms with van der Waals surface area (Å²) in [6.07, 6.45) is 0. The number of fused-ring (bicyclic) bond motifs is 9. The van der Waals surface area contributed by atoms with E-state index in [1.165, 1.54) is 58.0 Å². The van der Waals surface area contributed by atoms with Crippen molar-refractivity contribution in [1.29, 1.82) is 0 Å². The molecule has 5 heteroatoms. The Morgan fingerprint density at radius 3 is 1.51 bits per heavy atom. The molecular weight excluding hydrogens is 869 g/mol. The van der Waals surface area contributed by atoms with Crippen molar-refractivity contribution in [2.24, 2.45) is 0 Å². The Labute approximate surface area is 408 Å². The fraction of sp³-hybridized carbons (Fsp3) is 0. The standard InChI is InChI=1S/C65H40N4S/c1-3-17-41(18-4-1)48-24-11-13-28-54(48)64-66-63(67-65(68-64)55-29-14-12-25-49(55)42-19-5-2-6-20-42)47-33-36-58(56(38-47)46-32-34-52-51-27-15-16-30-60(51)70-61(52)40-46)69-59-39-45-23-8-7-22-44(45)37-57(59)53-35-31-43-21-9-10-26-50(43)62(53)69/h1-40H. The topological polar surface area (TPSA) is 43.6 Å². The zero-order valence-electron chi connectivity index (χ0n) is 37.8. The van der Waals surface area contributed by atoms with E-state index in [1.54, 1.807) is 0 Å². The van der Waals surface area contributed by atoms with Gasteiger partial charge in [0.05, 0.1) is 16.7 Å². The predicted molar refractivity (Wildman–Crippen MR) is 295 cm³/mol. The fourth-order valence-corrected chi connectivity index (χ4v) is 11.7. The molecule has 0 spiro atoms. The summed E-state index contributed by atoms with van der Waals surface area (Å²) >= 11 is 1.84. The maximum atomic E-state index is 5.44. The van der Waals surface area contributed by atoms with E-state index in [9.17, 15) is 0 Å². The van der Waals surface area contributed by atoms with Gasteiger partial charge in [-0.25, -0.2) is 15.0 Å². The average Bonchev–Trinajstić information content (AvgIpc) is 3.97. The van der Waals surface area contributed by atoms with Crippen molar-refractivity contribution in [2.45, 2.75) is 0 Å². The Balaban J connectivity index is 1.07. The van der Waals surface area contributed by atoms with Crippen LogP contribution in [-0.4, -0.2) is 19.5 Å². The van der Waals surface area contributed by atoms with Gasteiger partial charge in [0, 0.05) is 58.6 Å². The van der Waals surface area contributed by atoms with Gasteiger partial charge in [-0.3, -0.25) is 0 Å². The largest absolute Gasteiger partial charge is 0.308 e. The molecule has 3 heterocycles. The van der Waals surface area contributed by atoms with Gasteiger partial charge in [0.1, 0.15) is 0 Å². The molecule has 0 saturated heterocycles. The first-order valence-corrected chi connectivity index (χ1v) is 24.5. The monoisotopic (exact) mass is 908 g/mol. The molecule has 14 aromatic rings. The van der Waals surface area contributed by atoms with Crippen LogP contribution in [0.25, 0.3) is 137 Å². The van der Waals surface area contributed by atoms with Crippen molar-refractivity contribution < 1.29 is 0 Å². The number of benzene rings is 11. The van der Waals surface area contributed by atoms with Gasteiger partial charge in [0.15, 0.2) is 17.5 Å². The Hall–Kier alpha value is -9.03. The molecule has 70 heavy (non-hydrogen) atoms.